The Morgan fingerprint density at radius 2 is 1.26 bits per heavy atom. The van der Waals surface area contributed by atoms with Gasteiger partial charge in [-0.15, -0.1) is 0 Å². The topological polar surface area (TPSA) is 28.9 Å². The van der Waals surface area contributed by atoms with Gasteiger partial charge >= 0.3 is 0 Å². The third-order valence-corrected chi connectivity index (χ3v) is 15.0. The Balaban J connectivity index is 1.37. The van der Waals surface area contributed by atoms with Gasteiger partial charge < -0.3 is 19.0 Å². The standard InChI is InChI=1S/C59H67BN2O2S/c1-36-29-40(58(8,9)10)23-28-47(36)62-48-32-44-45(59(11,12)13)35-63-50(44)33-46(48)60-54-49(62)30-43(31-51(54)64-52-34-53(65-55(52)60)37-17-15-14-16-18-37)61(41-24-19-38(20-25-41)56(2,3)4)42-26-21-39(22-27-42)57(5,6)7/h19-35,37H,14-18H2,1-13H3/i23D,28D,29D,32D,33D,34D,35D. The third kappa shape index (κ3) is 7.72. The SMILES string of the molecule is [2H]c1oc2c([2H])c3c(c([2H])c2c1C(C)(C)C)N(c1c([2H])c([2H])c(C(C)(C)C)c([2H])c1C)c1cc(N(c2ccc(C(C)(C)C)cc2)c2ccc(C(C)(C)C)cc2)cc2c1B3c1sc(C3CCCCC3)c([2H])c1O2. The second-order valence-corrected chi connectivity index (χ2v) is 23.9. The van der Waals surface area contributed by atoms with Crippen molar-refractivity contribution in [1.29, 1.82) is 0 Å². The fraction of sp³-hybridized carbons (Fsp3) is 0.390. The summed E-state index contributed by atoms with van der Waals surface area (Å²) < 4.78 is 83.7. The van der Waals surface area contributed by atoms with Crippen LogP contribution in [0.4, 0.5) is 34.1 Å². The van der Waals surface area contributed by atoms with E-state index in [0.717, 1.165) is 52.4 Å². The van der Waals surface area contributed by atoms with Gasteiger partial charge in [-0.25, -0.2) is 0 Å². The van der Waals surface area contributed by atoms with Crippen molar-refractivity contribution < 1.29 is 18.7 Å². The van der Waals surface area contributed by atoms with Crippen LogP contribution in [0.5, 0.6) is 11.5 Å². The lowest BCUT2D eigenvalue weighted by molar-refractivity contribution is 0.446. The minimum Gasteiger partial charge on any atom is -0.464 e. The molecule has 10 rings (SSSR count). The average Bonchev–Trinajstić information content (AvgIpc) is 3.84. The summed E-state index contributed by atoms with van der Waals surface area (Å²) in [5, 5.41) is 0.357. The molecule has 4 nitrogen and oxygen atoms in total. The Hall–Kier alpha value is -5.20. The molecule has 6 heteroatoms. The van der Waals surface area contributed by atoms with Gasteiger partial charge in [0.25, 0.3) is 6.71 Å². The van der Waals surface area contributed by atoms with E-state index >= 15 is 0 Å². The zero-order chi connectivity index (χ0) is 52.0. The van der Waals surface area contributed by atoms with Crippen LogP contribution in [0.3, 0.4) is 0 Å². The number of fused-ring (bicyclic) bond motifs is 5. The van der Waals surface area contributed by atoms with Gasteiger partial charge in [0.1, 0.15) is 18.5 Å². The molecule has 1 fully saturated rings. The Labute approximate surface area is 403 Å². The van der Waals surface area contributed by atoms with E-state index in [-0.39, 0.29) is 64.5 Å². The molecular weight excluding hydrogens is 812 g/mol. The molecule has 5 aromatic carbocycles. The number of hydrogen-bond donors (Lipinski definition) is 0. The summed E-state index contributed by atoms with van der Waals surface area (Å²) in [4.78, 5) is 5.04. The molecule has 3 aliphatic rings. The number of furan rings is 1. The number of rotatable bonds is 5. The first-order valence-electron chi connectivity index (χ1n) is 27.1. The minimum atomic E-state index is -0.691. The molecule has 0 N–H and O–H groups in total. The molecule has 2 aliphatic heterocycles. The summed E-state index contributed by atoms with van der Waals surface area (Å²) in [6.07, 6.45) is 5.20. The molecule has 4 heterocycles. The van der Waals surface area contributed by atoms with Crippen LogP contribution >= 0.6 is 11.3 Å². The summed E-state index contributed by atoms with van der Waals surface area (Å²) in [5.41, 5.74) is 7.36. The number of thiophene rings is 1. The first-order chi connectivity index (χ1) is 33.6. The lowest BCUT2D eigenvalue weighted by Crippen LogP contribution is -2.58. The Morgan fingerprint density at radius 1 is 0.646 bits per heavy atom. The fourth-order valence-corrected chi connectivity index (χ4v) is 11.2. The van der Waals surface area contributed by atoms with Crippen LogP contribution in [0, 0.1) is 6.92 Å². The second-order valence-electron chi connectivity index (χ2n) is 22.8. The van der Waals surface area contributed by atoms with Crippen LogP contribution in [-0.2, 0) is 21.7 Å². The maximum atomic E-state index is 10.5. The monoisotopic (exact) mass is 886 g/mol. The van der Waals surface area contributed by atoms with Crippen molar-refractivity contribution in [2.75, 3.05) is 9.80 Å². The average molecular weight is 886 g/mol. The molecule has 0 amide bonds. The molecule has 65 heavy (non-hydrogen) atoms. The summed E-state index contributed by atoms with van der Waals surface area (Å²) in [6, 6.07) is 21.8. The van der Waals surface area contributed by atoms with Gasteiger partial charge in [-0.05, 0) is 135 Å². The van der Waals surface area contributed by atoms with Crippen molar-refractivity contribution in [2.24, 2.45) is 0 Å². The normalized spacial score (nSPS) is 17.0. The van der Waals surface area contributed by atoms with Crippen LogP contribution in [-0.4, -0.2) is 6.71 Å². The lowest BCUT2D eigenvalue weighted by atomic mass is 9.37. The summed E-state index contributed by atoms with van der Waals surface area (Å²) in [6.45, 7) is 26.2. The van der Waals surface area contributed by atoms with E-state index in [1.165, 1.54) is 17.5 Å². The Bertz CT molecular complexity index is 3260. The minimum absolute atomic E-state index is 0.0230. The van der Waals surface area contributed by atoms with Crippen molar-refractivity contribution >= 4 is 78.8 Å². The predicted molar refractivity (Wildman–Crippen MR) is 280 cm³/mol. The highest BCUT2D eigenvalue weighted by Gasteiger charge is 2.45. The molecule has 334 valence electrons. The molecule has 1 saturated carbocycles. The van der Waals surface area contributed by atoms with Gasteiger partial charge in [-0.1, -0.05) is 139 Å². The summed E-state index contributed by atoms with van der Waals surface area (Å²) in [5.74, 6) is 1.13. The highest BCUT2D eigenvalue weighted by atomic mass is 32.1. The zero-order valence-electron chi connectivity index (χ0n) is 47.6. The predicted octanol–water partition coefficient (Wildman–Crippen LogP) is 15.9. The van der Waals surface area contributed by atoms with Crippen LogP contribution < -0.4 is 30.2 Å². The first-order valence-corrected chi connectivity index (χ1v) is 24.4. The van der Waals surface area contributed by atoms with Gasteiger partial charge in [0.15, 0.2) is 0 Å². The largest absolute Gasteiger partial charge is 0.464 e. The number of benzene rings is 5. The summed E-state index contributed by atoms with van der Waals surface area (Å²) in [7, 11) is 0. The molecule has 0 atom stereocenters. The van der Waals surface area contributed by atoms with E-state index in [2.05, 4.69) is 101 Å². The smallest absolute Gasteiger partial charge is 0.269 e. The number of hydrogen-bond acceptors (Lipinski definition) is 5. The molecule has 2 aromatic heterocycles. The maximum Gasteiger partial charge on any atom is 0.269 e. The van der Waals surface area contributed by atoms with Crippen LogP contribution in [0.2, 0.25) is 0 Å². The van der Waals surface area contributed by atoms with Crippen molar-refractivity contribution in [3.63, 3.8) is 0 Å². The zero-order valence-corrected chi connectivity index (χ0v) is 41.4. The molecule has 0 unspecified atom stereocenters. The molecular formula is C59H67BN2O2S. The van der Waals surface area contributed by atoms with E-state index in [9.17, 15) is 9.60 Å². The van der Waals surface area contributed by atoms with E-state index in [1.54, 1.807) is 11.3 Å². The lowest BCUT2D eigenvalue weighted by Gasteiger charge is -2.41. The van der Waals surface area contributed by atoms with Crippen LogP contribution in [0.25, 0.3) is 11.0 Å². The summed E-state index contributed by atoms with van der Waals surface area (Å²) >= 11 is 1.58. The van der Waals surface area contributed by atoms with Gasteiger partial charge in [-0.2, -0.15) is 11.3 Å². The number of anilines is 6. The van der Waals surface area contributed by atoms with E-state index < -0.39 is 17.5 Å². The fourth-order valence-electron chi connectivity index (χ4n) is 9.90. The van der Waals surface area contributed by atoms with Crippen molar-refractivity contribution in [1.82, 2.24) is 0 Å². The van der Waals surface area contributed by atoms with Gasteiger partial charge in [-0.3, -0.25) is 0 Å². The third-order valence-electron chi connectivity index (χ3n) is 13.7. The highest BCUT2D eigenvalue weighted by molar-refractivity contribution is 7.28. The maximum absolute atomic E-state index is 10.5. The first kappa shape index (κ1) is 36.0. The Morgan fingerprint density at radius 3 is 1.85 bits per heavy atom. The quantitative estimate of drug-likeness (QED) is 0.161. The highest BCUT2D eigenvalue weighted by Crippen LogP contribution is 2.50. The molecule has 7 aromatic rings. The van der Waals surface area contributed by atoms with Crippen molar-refractivity contribution in [3.8, 4) is 11.5 Å². The van der Waals surface area contributed by atoms with Gasteiger partial charge in [0, 0.05) is 55.1 Å². The molecule has 1 aliphatic carbocycles. The van der Waals surface area contributed by atoms with Gasteiger partial charge in [0.2, 0.25) is 0 Å². The van der Waals surface area contributed by atoms with E-state index in [1.807, 2.05) is 59.4 Å². The molecule has 0 bridgehead atoms. The Kier molecular flexibility index (Phi) is 8.55. The van der Waals surface area contributed by atoms with E-state index in [0.29, 0.717) is 61.9 Å². The van der Waals surface area contributed by atoms with Crippen molar-refractivity contribution in [3.05, 3.63) is 136 Å². The molecule has 0 saturated heterocycles. The molecule has 0 radical (unpaired) electrons. The van der Waals surface area contributed by atoms with E-state index in [4.69, 9.17) is 9.15 Å². The van der Waals surface area contributed by atoms with Gasteiger partial charge in [0.05, 0.1) is 20.2 Å². The number of ether oxygens (including phenoxy) is 1. The van der Waals surface area contributed by atoms with Crippen molar-refractivity contribution in [2.45, 2.75) is 150 Å². The second kappa shape index (κ2) is 15.4. The molecule has 0 spiro atoms. The van der Waals surface area contributed by atoms with Crippen LogP contribution in [0.1, 0.15) is 163 Å². The number of nitrogens with zero attached hydrogens (tertiary/aromatic N) is 2. The van der Waals surface area contributed by atoms with Crippen LogP contribution in [0.15, 0.2) is 108 Å².